The summed E-state index contributed by atoms with van der Waals surface area (Å²) in [6.07, 6.45) is 30.2. The van der Waals surface area contributed by atoms with Crippen LogP contribution in [0.4, 0.5) is 0 Å². The Labute approximate surface area is 238 Å². The predicted molar refractivity (Wildman–Crippen MR) is 162 cm³/mol. The van der Waals surface area contributed by atoms with Crippen molar-refractivity contribution < 1.29 is 19.8 Å². The van der Waals surface area contributed by atoms with Gasteiger partial charge in [0.1, 0.15) is 6.04 Å². The van der Waals surface area contributed by atoms with E-state index in [9.17, 15) is 19.8 Å². The molecule has 2 amide bonds. The first-order valence-electron chi connectivity index (χ1n) is 14.2. The summed E-state index contributed by atoms with van der Waals surface area (Å²) in [7, 11) is 0. The van der Waals surface area contributed by atoms with Crippen molar-refractivity contribution in [3.63, 3.8) is 0 Å². The van der Waals surface area contributed by atoms with E-state index in [-0.39, 0.29) is 30.7 Å². The summed E-state index contributed by atoms with van der Waals surface area (Å²) in [4.78, 5) is 33.2. The normalized spacial score (nSPS) is 21.4. The number of amides is 2. The van der Waals surface area contributed by atoms with Gasteiger partial charge in [-0.15, -0.1) is 0 Å². The zero-order valence-electron chi connectivity index (χ0n) is 23.7. The number of guanidine groups is 1. The molecule has 1 unspecified atom stereocenters. The Morgan fingerprint density at radius 3 is 1.98 bits per heavy atom. The van der Waals surface area contributed by atoms with E-state index in [2.05, 4.69) is 93.6 Å². The van der Waals surface area contributed by atoms with E-state index in [0.717, 1.165) is 38.5 Å². The third kappa shape index (κ3) is 13.1. The highest BCUT2D eigenvalue weighted by Crippen LogP contribution is 2.11. The van der Waals surface area contributed by atoms with Gasteiger partial charge in [0.05, 0.1) is 24.8 Å². The van der Waals surface area contributed by atoms with Gasteiger partial charge in [0, 0.05) is 6.42 Å². The Hall–Kier alpha value is -3.40. The molecule has 4 atom stereocenters. The summed E-state index contributed by atoms with van der Waals surface area (Å²) in [5.74, 6) is -0.401. The zero-order chi connectivity index (χ0) is 29.0. The van der Waals surface area contributed by atoms with Gasteiger partial charge in [-0.1, -0.05) is 79.8 Å². The topological polar surface area (TPSA) is 135 Å². The molecule has 2 rings (SSSR count). The number of hydrogen-bond donors (Lipinski definition) is 5. The second-order valence-corrected chi connectivity index (χ2v) is 9.59. The van der Waals surface area contributed by atoms with E-state index >= 15 is 0 Å². The summed E-state index contributed by atoms with van der Waals surface area (Å²) in [6, 6.07) is -1.40. The first-order valence-corrected chi connectivity index (χ1v) is 14.2. The number of rotatable bonds is 16. The number of aliphatic hydroxyl groups is 2. The van der Waals surface area contributed by atoms with Crippen molar-refractivity contribution in [2.45, 2.75) is 89.5 Å². The molecule has 0 spiro atoms. The van der Waals surface area contributed by atoms with E-state index in [0.29, 0.717) is 6.42 Å². The average Bonchev–Trinajstić information content (AvgIpc) is 2.93. The van der Waals surface area contributed by atoms with Crippen LogP contribution in [0.1, 0.15) is 65.2 Å². The molecule has 0 saturated carbocycles. The molecule has 0 fully saturated rings. The number of carbonyl (C=O) groups is 2. The molecule has 9 heteroatoms. The van der Waals surface area contributed by atoms with Gasteiger partial charge in [-0.05, 0) is 51.9 Å². The molecule has 0 aromatic heterocycles. The molecular formula is C31H45N5O4. The molecular weight excluding hydrogens is 506 g/mol. The fourth-order valence-corrected chi connectivity index (χ4v) is 3.90. The molecule has 0 aromatic carbocycles. The molecule has 2 heterocycles. The van der Waals surface area contributed by atoms with E-state index < -0.39 is 30.2 Å². The van der Waals surface area contributed by atoms with E-state index in [1.165, 1.54) is 6.92 Å². The van der Waals surface area contributed by atoms with Gasteiger partial charge in [-0.25, -0.2) is 0 Å². The summed E-state index contributed by atoms with van der Waals surface area (Å²) in [5.41, 5.74) is 0. The van der Waals surface area contributed by atoms with Crippen LogP contribution in [-0.2, 0) is 9.59 Å². The fourth-order valence-electron chi connectivity index (χ4n) is 3.90. The van der Waals surface area contributed by atoms with Crippen LogP contribution in [-0.4, -0.2) is 64.7 Å². The minimum Gasteiger partial charge on any atom is -0.391 e. The first-order chi connectivity index (χ1) is 19.4. The second-order valence-electron chi connectivity index (χ2n) is 9.59. The molecule has 218 valence electrons. The summed E-state index contributed by atoms with van der Waals surface area (Å²) >= 11 is 0. The SMILES string of the molecule is CCC=CCC=CCC=CCC=CCC=CCC=CCCC(=O)NC1=NC2=NC[C@H]([C@@H](O)[C@H](C)O)NC2C(=O)N1. The van der Waals surface area contributed by atoms with Gasteiger partial charge in [-0.3, -0.25) is 30.5 Å². The third-order valence-corrected chi connectivity index (χ3v) is 6.12. The Morgan fingerprint density at radius 2 is 1.45 bits per heavy atom. The lowest BCUT2D eigenvalue weighted by Gasteiger charge is -2.34. The van der Waals surface area contributed by atoms with Crippen molar-refractivity contribution in [1.29, 1.82) is 0 Å². The van der Waals surface area contributed by atoms with Crippen LogP contribution in [0.5, 0.6) is 0 Å². The number of aliphatic imine (C=N–C) groups is 2. The fraction of sp³-hybridized carbons (Fsp3) is 0.484. The monoisotopic (exact) mass is 551 g/mol. The van der Waals surface area contributed by atoms with Gasteiger partial charge in [0.2, 0.25) is 11.9 Å². The van der Waals surface area contributed by atoms with Gasteiger partial charge in [0.15, 0.2) is 5.84 Å². The summed E-state index contributed by atoms with van der Waals surface area (Å²) < 4.78 is 0. The Bertz CT molecular complexity index is 1040. The number of amidine groups is 1. The standard InChI is InChI=1S/C31H45N5O4/c1-3-4-5-6-7-8-9-10-11-12-13-14-15-16-17-18-19-20-21-22-26(38)34-31-35-29-27(30(40)36-31)33-25(23-32-29)28(39)24(2)37/h4-5,7-8,10-11,13-14,16-17,19-20,24-25,27-28,33,37,39H,3,6,9,12,15,18,21-23H2,1-2H3,(H2,32,34,35,36,38,40)/t24-,25+,27?,28-/m0/s1. The van der Waals surface area contributed by atoms with E-state index in [1.807, 2.05) is 12.2 Å². The maximum Gasteiger partial charge on any atom is 0.251 e. The van der Waals surface area contributed by atoms with Crippen molar-refractivity contribution in [3.05, 3.63) is 72.9 Å². The van der Waals surface area contributed by atoms with Crippen LogP contribution in [0.25, 0.3) is 0 Å². The van der Waals surface area contributed by atoms with Gasteiger partial charge < -0.3 is 10.2 Å². The molecule has 0 radical (unpaired) electrons. The molecule has 0 saturated heterocycles. The average molecular weight is 552 g/mol. The van der Waals surface area contributed by atoms with Gasteiger partial charge in [-0.2, -0.15) is 4.99 Å². The van der Waals surface area contributed by atoms with Gasteiger partial charge >= 0.3 is 0 Å². The highest BCUT2D eigenvalue weighted by Gasteiger charge is 2.38. The molecule has 2 aliphatic rings. The molecule has 0 bridgehead atoms. The van der Waals surface area contributed by atoms with Crippen LogP contribution >= 0.6 is 0 Å². The predicted octanol–water partition coefficient (Wildman–Crippen LogP) is 3.55. The third-order valence-electron chi connectivity index (χ3n) is 6.12. The van der Waals surface area contributed by atoms with E-state index in [4.69, 9.17) is 0 Å². The number of nitrogens with zero attached hydrogens (tertiary/aromatic N) is 2. The number of carbonyl (C=O) groups excluding carboxylic acids is 2. The van der Waals surface area contributed by atoms with Crippen LogP contribution in [0.2, 0.25) is 0 Å². The summed E-state index contributed by atoms with van der Waals surface area (Å²) in [6.45, 7) is 3.78. The smallest absolute Gasteiger partial charge is 0.251 e. The van der Waals surface area contributed by atoms with Gasteiger partial charge in [0.25, 0.3) is 5.91 Å². The van der Waals surface area contributed by atoms with E-state index in [1.54, 1.807) is 0 Å². The van der Waals surface area contributed by atoms with Crippen molar-refractivity contribution in [3.8, 4) is 0 Å². The quantitative estimate of drug-likeness (QED) is 0.187. The van der Waals surface area contributed by atoms with Crippen LogP contribution in [0.15, 0.2) is 82.9 Å². The van der Waals surface area contributed by atoms with Crippen LogP contribution in [0, 0.1) is 0 Å². The number of allylic oxidation sites excluding steroid dienone is 12. The zero-order valence-corrected chi connectivity index (χ0v) is 23.7. The lowest BCUT2D eigenvalue weighted by molar-refractivity contribution is -0.121. The molecule has 9 nitrogen and oxygen atoms in total. The van der Waals surface area contributed by atoms with Crippen molar-refractivity contribution in [2.75, 3.05) is 6.54 Å². The maximum atomic E-state index is 12.4. The first kappa shape index (κ1) is 32.8. The molecule has 2 aliphatic heterocycles. The number of fused-ring (bicyclic) bond motifs is 1. The number of nitrogens with one attached hydrogen (secondary N) is 3. The minimum absolute atomic E-state index is 0.0454. The van der Waals surface area contributed by atoms with Crippen molar-refractivity contribution >= 4 is 23.6 Å². The minimum atomic E-state index is -1.06. The number of aliphatic hydroxyl groups excluding tert-OH is 2. The Morgan fingerprint density at radius 1 is 0.925 bits per heavy atom. The molecule has 5 N–H and O–H groups in total. The van der Waals surface area contributed by atoms with Crippen LogP contribution < -0.4 is 16.0 Å². The van der Waals surface area contributed by atoms with Crippen molar-refractivity contribution in [1.82, 2.24) is 16.0 Å². The highest BCUT2D eigenvalue weighted by molar-refractivity contribution is 6.21. The maximum absolute atomic E-state index is 12.4. The molecule has 40 heavy (non-hydrogen) atoms. The number of hydrogen-bond acceptors (Lipinski definition) is 7. The Balaban J connectivity index is 1.58. The summed E-state index contributed by atoms with van der Waals surface area (Å²) in [5, 5.41) is 27.7. The lowest BCUT2D eigenvalue weighted by atomic mass is 10.0. The van der Waals surface area contributed by atoms with Crippen molar-refractivity contribution in [2.24, 2.45) is 9.98 Å². The van der Waals surface area contributed by atoms with Crippen LogP contribution in [0.3, 0.4) is 0 Å². The molecule has 0 aliphatic carbocycles. The largest absolute Gasteiger partial charge is 0.391 e. The molecule has 0 aromatic rings. The highest BCUT2D eigenvalue weighted by atomic mass is 16.3. The lowest BCUT2D eigenvalue weighted by Crippen LogP contribution is -2.64. The second kappa shape index (κ2) is 19.6. The Kier molecular flexibility index (Phi) is 16.1.